The molecule has 2 rings (SSSR count). The number of nitrogens with one attached hydrogen (secondary N) is 1. The number of carbonyl (C=O) groups is 1. The quantitative estimate of drug-likeness (QED) is 0.933. The molecule has 100 valence electrons. The van der Waals surface area contributed by atoms with E-state index in [0.717, 1.165) is 0 Å². The second-order valence-corrected chi connectivity index (χ2v) is 4.67. The summed E-state index contributed by atoms with van der Waals surface area (Å²) in [4.78, 5) is 11.5. The van der Waals surface area contributed by atoms with Crippen molar-refractivity contribution in [2.45, 2.75) is 0 Å². The number of benzene rings is 1. The van der Waals surface area contributed by atoms with Crippen LogP contribution in [0.3, 0.4) is 0 Å². The summed E-state index contributed by atoms with van der Waals surface area (Å²) in [5.41, 5.74) is 0. The highest BCUT2D eigenvalue weighted by molar-refractivity contribution is 6.40. The normalized spacial score (nSPS) is 10.3. The van der Waals surface area contributed by atoms with Gasteiger partial charge in [0.2, 0.25) is 0 Å². The number of amides is 1. The molecule has 1 aromatic carbocycles. The van der Waals surface area contributed by atoms with E-state index < -0.39 is 5.91 Å². The van der Waals surface area contributed by atoms with Crippen molar-refractivity contribution < 1.29 is 14.1 Å². The summed E-state index contributed by atoms with van der Waals surface area (Å²) in [6, 6.07) is 4.44. The van der Waals surface area contributed by atoms with Gasteiger partial charge < -0.3 is 14.6 Å². The molecule has 0 saturated carbocycles. The third kappa shape index (κ3) is 3.76. The fourth-order valence-corrected chi connectivity index (χ4v) is 2.19. The molecule has 0 bridgehead atoms. The van der Waals surface area contributed by atoms with E-state index in [4.69, 9.17) is 39.5 Å². The maximum atomic E-state index is 11.5. The Balaban J connectivity index is 1.97. The zero-order valence-electron chi connectivity index (χ0n) is 9.32. The van der Waals surface area contributed by atoms with Gasteiger partial charge in [-0.1, -0.05) is 40.0 Å². The van der Waals surface area contributed by atoms with Crippen molar-refractivity contribution in [3.8, 4) is 5.75 Å². The first-order valence-electron chi connectivity index (χ1n) is 5.04. The van der Waals surface area contributed by atoms with Crippen LogP contribution in [0.5, 0.6) is 5.75 Å². The second kappa shape index (κ2) is 6.14. The lowest BCUT2D eigenvalue weighted by Gasteiger charge is -2.09. The van der Waals surface area contributed by atoms with Gasteiger partial charge in [-0.25, -0.2) is 0 Å². The Bertz CT molecular complexity index is 564. The first kappa shape index (κ1) is 14.0. The predicted octanol–water partition coefficient (Wildman–Crippen LogP) is 3.65. The summed E-state index contributed by atoms with van der Waals surface area (Å²) in [5.74, 6) is 0.0703. The fraction of sp³-hybridized carbons (Fsp3) is 0.0909. The zero-order valence-corrected chi connectivity index (χ0v) is 11.6. The molecule has 0 saturated heterocycles. The van der Waals surface area contributed by atoms with Gasteiger partial charge in [-0.3, -0.25) is 4.79 Å². The molecular formula is C11H7Cl3N2O3. The third-order valence-electron chi connectivity index (χ3n) is 2.02. The molecule has 0 unspecified atom stereocenters. The highest BCUT2D eigenvalue weighted by atomic mass is 35.5. The number of halogens is 3. The Morgan fingerprint density at radius 1 is 1.32 bits per heavy atom. The Morgan fingerprint density at radius 2 is 2.00 bits per heavy atom. The van der Waals surface area contributed by atoms with Gasteiger partial charge in [0.25, 0.3) is 5.91 Å². The summed E-state index contributed by atoms with van der Waals surface area (Å²) in [5, 5.41) is 6.83. The Morgan fingerprint density at radius 3 is 2.58 bits per heavy atom. The number of carbonyl (C=O) groups excluding carboxylic acids is 1. The average Bonchev–Trinajstić information content (AvgIpc) is 2.80. The van der Waals surface area contributed by atoms with Crippen LogP contribution in [0.25, 0.3) is 0 Å². The van der Waals surface area contributed by atoms with Crippen molar-refractivity contribution in [1.82, 2.24) is 5.16 Å². The number of hydrogen-bond donors (Lipinski definition) is 1. The van der Waals surface area contributed by atoms with Crippen LogP contribution in [-0.4, -0.2) is 17.7 Å². The Kier molecular flexibility index (Phi) is 4.52. The van der Waals surface area contributed by atoms with E-state index >= 15 is 0 Å². The van der Waals surface area contributed by atoms with Gasteiger partial charge in [0, 0.05) is 11.1 Å². The van der Waals surface area contributed by atoms with Crippen LogP contribution in [-0.2, 0) is 4.79 Å². The standard InChI is InChI=1S/C11H7Cl3N2O3/c12-6-3-7(13)11(8(14)4-6)18-5-10(17)15-9-1-2-19-16-9/h1-4H,5H2,(H,15,16,17). The predicted molar refractivity (Wildman–Crippen MR) is 72.1 cm³/mol. The van der Waals surface area contributed by atoms with E-state index in [2.05, 4.69) is 15.0 Å². The summed E-state index contributed by atoms with van der Waals surface area (Å²) in [7, 11) is 0. The first-order valence-corrected chi connectivity index (χ1v) is 6.17. The molecule has 2 aromatic rings. The molecule has 1 heterocycles. The second-order valence-electron chi connectivity index (χ2n) is 3.42. The molecule has 0 aliphatic carbocycles. The Labute approximate surface area is 123 Å². The fourth-order valence-electron chi connectivity index (χ4n) is 1.26. The molecule has 1 aromatic heterocycles. The monoisotopic (exact) mass is 320 g/mol. The van der Waals surface area contributed by atoms with Crippen LogP contribution in [0.2, 0.25) is 15.1 Å². The molecule has 19 heavy (non-hydrogen) atoms. The summed E-state index contributed by atoms with van der Waals surface area (Å²) < 4.78 is 9.81. The van der Waals surface area contributed by atoms with Gasteiger partial charge in [0.15, 0.2) is 18.2 Å². The molecule has 5 nitrogen and oxygen atoms in total. The van der Waals surface area contributed by atoms with Crippen LogP contribution in [0, 0.1) is 0 Å². The van der Waals surface area contributed by atoms with Crippen LogP contribution >= 0.6 is 34.8 Å². The molecule has 0 atom stereocenters. The number of nitrogens with zero attached hydrogens (tertiary/aromatic N) is 1. The minimum absolute atomic E-state index is 0.197. The molecule has 0 fully saturated rings. The van der Waals surface area contributed by atoms with Crippen molar-refractivity contribution in [2.24, 2.45) is 0 Å². The van der Waals surface area contributed by atoms with E-state index in [9.17, 15) is 4.79 Å². The lowest BCUT2D eigenvalue weighted by Crippen LogP contribution is -2.20. The highest BCUT2D eigenvalue weighted by Crippen LogP contribution is 2.35. The van der Waals surface area contributed by atoms with Gasteiger partial charge in [0.1, 0.15) is 6.26 Å². The molecular weight excluding hydrogens is 314 g/mol. The maximum absolute atomic E-state index is 11.5. The van der Waals surface area contributed by atoms with Crippen molar-refractivity contribution in [3.63, 3.8) is 0 Å². The molecule has 0 aliphatic heterocycles. The van der Waals surface area contributed by atoms with Gasteiger partial charge >= 0.3 is 0 Å². The zero-order chi connectivity index (χ0) is 13.8. The largest absolute Gasteiger partial charge is 0.481 e. The summed E-state index contributed by atoms with van der Waals surface area (Å²) >= 11 is 17.6. The number of rotatable bonds is 4. The van der Waals surface area contributed by atoms with Crippen molar-refractivity contribution in [3.05, 3.63) is 39.5 Å². The van der Waals surface area contributed by atoms with Crippen LogP contribution < -0.4 is 10.1 Å². The van der Waals surface area contributed by atoms with Crippen molar-refractivity contribution >= 4 is 46.5 Å². The van der Waals surface area contributed by atoms with E-state index in [1.165, 1.54) is 24.5 Å². The minimum atomic E-state index is -0.420. The number of hydrogen-bond acceptors (Lipinski definition) is 4. The molecule has 0 radical (unpaired) electrons. The van der Waals surface area contributed by atoms with Gasteiger partial charge in [-0.15, -0.1) is 0 Å². The summed E-state index contributed by atoms with van der Waals surface area (Å²) in [6.45, 7) is -0.270. The topological polar surface area (TPSA) is 64.4 Å². The number of anilines is 1. The molecule has 8 heteroatoms. The molecule has 1 amide bonds. The van der Waals surface area contributed by atoms with E-state index in [1.54, 1.807) is 0 Å². The minimum Gasteiger partial charge on any atom is -0.481 e. The third-order valence-corrected chi connectivity index (χ3v) is 2.80. The average molecular weight is 322 g/mol. The van der Waals surface area contributed by atoms with Crippen molar-refractivity contribution in [2.75, 3.05) is 11.9 Å². The van der Waals surface area contributed by atoms with E-state index in [1.807, 2.05) is 0 Å². The first-order chi connectivity index (χ1) is 9.06. The molecule has 0 aliphatic rings. The van der Waals surface area contributed by atoms with Crippen LogP contribution in [0.1, 0.15) is 0 Å². The lowest BCUT2D eigenvalue weighted by atomic mass is 10.3. The Hall–Kier alpha value is -1.43. The number of aromatic nitrogens is 1. The van der Waals surface area contributed by atoms with Crippen molar-refractivity contribution in [1.29, 1.82) is 0 Å². The van der Waals surface area contributed by atoms with E-state index in [-0.39, 0.29) is 22.4 Å². The maximum Gasteiger partial charge on any atom is 0.263 e. The van der Waals surface area contributed by atoms with E-state index in [0.29, 0.717) is 10.8 Å². The number of ether oxygens (including phenoxy) is 1. The summed E-state index contributed by atoms with van der Waals surface area (Å²) in [6.07, 6.45) is 1.34. The van der Waals surface area contributed by atoms with Gasteiger partial charge in [0.05, 0.1) is 10.0 Å². The smallest absolute Gasteiger partial charge is 0.263 e. The van der Waals surface area contributed by atoms with Gasteiger partial charge in [-0.2, -0.15) is 0 Å². The molecule has 1 N–H and O–H groups in total. The SMILES string of the molecule is O=C(COc1c(Cl)cc(Cl)cc1Cl)Nc1ccon1. The molecule has 0 spiro atoms. The highest BCUT2D eigenvalue weighted by Gasteiger charge is 2.12. The lowest BCUT2D eigenvalue weighted by molar-refractivity contribution is -0.118. The van der Waals surface area contributed by atoms with Crippen LogP contribution in [0.4, 0.5) is 5.82 Å². The van der Waals surface area contributed by atoms with Gasteiger partial charge in [-0.05, 0) is 12.1 Å². The van der Waals surface area contributed by atoms with Crippen LogP contribution in [0.15, 0.2) is 29.0 Å².